The van der Waals surface area contributed by atoms with Crippen LogP contribution in [-0.2, 0) is 6.54 Å². The van der Waals surface area contributed by atoms with Gasteiger partial charge in [0.15, 0.2) is 0 Å². The number of rotatable bonds is 5. The fourth-order valence-electron chi connectivity index (χ4n) is 1.97. The van der Waals surface area contributed by atoms with Crippen LogP contribution in [0.15, 0.2) is 10.7 Å². The Bertz CT molecular complexity index is 379. The maximum absolute atomic E-state index is 6.33. The minimum atomic E-state index is 0.0176. The van der Waals surface area contributed by atoms with E-state index in [4.69, 9.17) is 5.73 Å². The molecule has 4 nitrogen and oxygen atoms in total. The quantitative estimate of drug-likeness (QED) is 0.908. The van der Waals surface area contributed by atoms with Crippen molar-refractivity contribution in [1.29, 1.82) is 0 Å². The zero-order chi connectivity index (χ0) is 13.9. The molecule has 0 spiro atoms. The first-order valence-corrected chi connectivity index (χ1v) is 7.11. The Labute approximate surface area is 119 Å². The maximum atomic E-state index is 6.33. The molecule has 1 aromatic rings. The summed E-state index contributed by atoms with van der Waals surface area (Å²) in [6, 6.07) is 0.0176. The molecule has 0 aliphatic carbocycles. The van der Waals surface area contributed by atoms with Gasteiger partial charge in [0.25, 0.3) is 0 Å². The highest BCUT2D eigenvalue weighted by Crippen LogP contribution is 2.31. The number of hydrogen-bond donors (Lipinski definition) is 1. The molecule has 18 heavy (non-hydrogen) atoms. The monoisotopic (exact) mass is 316 g/mol. The Morgan fingerprint density at radius 3 is 2.56 bits per heavy atom. The van der Waals surface area contributed by atoms with Crippen molar-refractivity contribution in [1.82, 2.24) is 14.7 Å². The average molecular weight is 317 g/mol. The largest absolute Gasteiger partial charge is 0.323 e. The lowest BCUT2D eigenvalue weighted by Gasteiger charge is -2.24. The van der Waals surface area contributed by atoms with Crippen LogP contribution in [0.5, 0.6) is 0 Å². The van der Waals surface area contributed by atoms with Gasteiger partial charge in [-0.1, -0.05) is 20.8 Å². The third-order valence-corrected chi connectivity index (χ3v) is 3.39. The first-order valence-electron chi connectivity index (χ1n) is 6.32. The standard InChI is InChI=1S/C13H25BrN4/c1-13(2,3)8-11(15)12-10(14)9-16-18(12)7-6-17(4)5/h9,11H,6-8,15H2,1-5H3. The summed E-state index contributed by atoms with van der Waals surface area (Å²) in [6.45, 7) is 8.46. The van der Waals surface area contributed by atoms with Crippen molar-refractivity contribution in [2.75, 3.05) is 20.6 Å². The van der Waals surface area contributed by atoms with Crippen molar-refractivity contribution in [2.45, 2.75) is 39.8 Å². The summed E-state index contributed by atoms with van der Waals surface area (Å²) in [5.41, 5.74) is 7.65. The lowest BCUT2D eigenvalue weighted by Crippen LogP contribution is -2.25. The van der Waals surface area contributed by atoms with Crippen LogP contribution in [0.25, 0.3) is 0 Å². The second-order valence-electron chi connectivity index (χ2n) is 6.28. The third kappa shape index (κ3) is 4.71. The molecule has 0 aliphatic rings. The number of aromatic nitrogens is 2. The summed E-state index contributed by atoms with van der Waals surface area (Å²) >= 11 is 3.56. The second-order valence-corrected chi connectivity index (χ2v) is 7.13. The minimum absolute atomic E-state index is 0.0176. The molecule has 1 rings (SSSR count). The highest BCUT2D eigenvalue weighted by atomic mass is 79.9. The van der Waals surface area contributed by atoms with E-state index >= 15 is 0 Å². The summed E-state index contributed by atoms with van der Waals surface area (Å²) < 4.78 is 3.03. The number of likely N-dealkylation sites (N-methyl/N-ethyl adjacent to an activating group) is 1. The smallest absolute Gasteiger partial charge is 0.0694 e. The lowest BCUT2D eigenvalue weighted by molar-refractivity contribution is 0.324. The molecule has 0 fully saturated rings. The van der Waals surface area contributed by atoms with Crippen molar-refractivity contribution in [3.63, 3.8) is 0 Å². The van der Waals surface area contributed by atoms with Gasteiger partial charge in [0, 0.05) is 12.6 Å². The number of hydrogen-bond acceptors (Lipinski definition) is 3. The molecule has 1 atom stereocenters. The number of nitrogens with zero attached hydrogens (tertiary/aromatic N) is 3. The molecule has 1 aromatic heterocycles. The van der Waals surface area contributed by atoms with Crippen molar-refractivity contribution in [3.05, 3.63) is 16.4 Å². The summed E-state index contributed by atoms with van der Waals surface area (Å²) in [6.07, 6.45) is 2.78. The SMILES string of the molecule is CN(C)CCn1ncc(Br)c1C(N)CC(C)(C)C. The van der Waals surface area contributed by atoms with Crippen molar-refractivity contribution >= 4 is 15.9 Å². The van der Waals surface area contributed by atoms with Crippen molar-refractivity contribution in [3.8, 4) is 0 Å². The van der Waals surface area contributed by atoms with E-state index in [2.05, 4.69) is 60.8 Å². The van der Waals surface area contributed by atoms with E-state index in [0.29, 0.717) is 0 Å². The van der Waals surface area contributed by atoms with E-state index in [0.717, 1.165) is 29.7 Å². The van der Waals surface area contributed by atoms with Crippen molar-refractivity contribution in [2.24, 2.45) is 11.1 Å². The van der Waals surface area contributed by atoms with Crippen LogP contribution in [0.1, 0.15) is 38.9 Å². The summed E-state index contributed by atoms with van der Waals surface area (Å²) in [4.78, 5) is 2.15. The van der Waals surface area contributed by atoms with Crippen LogP contribution < -0.4 is 5.73 Å². The van der Waals surface area contributed by atoms with Gasteiger partial charge >= 0.3 is 0 Å². The Morgan fingerprint density at radius 2 is 2.06 bits per heavy atom. The molecule has 5 heteroatoms. The van der Waals surface area contributed by atoms with Crippen LogP contribution in [0.4, 0.5) is 0 Å². The molecule has 0 saturated carbocycles. The van der Waals surface area contributed by atoms with E-state index in [1.807, 2.05) is 10.9 Å². The van der Waals surface area contributed by atoms with E-state index in [-0.39, 0.29) is 11.5 Å². The van der Waals surface area contributed by atoms with Gasteiger partial charge in [-0.15, -0.1) is 0 Å². The molecule has 0 aromatic carbocycles. The first-order chi connectivity index (χ1) is 8.20. The summed E-state index contributed by atoms with van der Waals surface area (Å²) in [5.74, 6) is 0. The van der Waals surface area contributed by atoms with Gasteiger partial charge in [0.1, 0.15) is 0 Å². The molecule has 1 unspecified atom stereocenters. The minimum Gasteiger partial charge on any atom is -0.323 e. The lowest BCUT2D eigenvalue weighted by atomic mass is 9.87. The number of halogens is 1. The van der Waals surface area contributed by atoms with Gasteiger partial charge in [-0.25, -0.2) is 0 Å². The van der Waals surface area contributed by atoms with E-state index in [1.54, 1.807) is 0 Å². The van der Waals surface area contributed by atoms with Gasteiger partial charge in [-0.05, 0) is 41.9 Å². The van der Waals surface area contributed by atoms with Crippen LogP contribution in [0, 0.1) is 5.41 Å². The highest BCUT2D eigenvalue weighted by Gasteiger charge is 2.22. The van der Waals surface area contributed by atoms with Crippen LogP contribution in [0.2, 0.25) is 0 Å². The predicted octanol–water partition coefficient (Wildman–Crippen LogP) is 2.64. The second kappa shape index (κ2) is 6.17. The molecule has 0 saturated heterocycles. The number of nitrogens with two attached hydrogens (primary N) is 1. The van der Waals surface area contributed by atoms with Gasteiger partial charge in [0.05, 0.1) is 22.9 Å². The Balaban J connectivity index is 2.83. The fraction of sp³-hybridized carbons (Fsp3) is 0.769. The summed E-state index contributed by atoms with van der Waals surface area (Å²) in [5, 5.41) is 4.40. The van der Waals surface area contributed by atoms with Crippen LogP contribution >= 0.6 is 15.9 Å². The van der Waals surface area contributed by atoms with Crippen molar-refractivity contribution < 1.29 is 0 Å². The Kier molecular flexibility index (Phi) is 5.37. The van der Waals surface area contributed by atoms with E-state index in [1.165, 1.54) is 0 Å². The predicted molar refractivity (Wildman–Crippen MR) is 79.5 cm³/mol. The molecule has 2 N–H and O–H groups in total. The molecular weight excluding hydrogens is 292 g/mol. The topological polar surface area (TPSA) is 47.1 Å². The van der Waals surface area contributed by atoms with Crippen LogP contribution in [0.3, 0.4) is 0 Å². The normalized spacial score (nSPS) is 14.2. The highest BCUT2D eigenvalue weighted by molar-refractivity contribution is 9.10. The molecule has 104 valence electrons. The zero-order valence-corrected chi connectivity index (χ0v) is 13.7. The molecule has 0 radical (unpaired) electrons. The molecule has 0 aliphatic heterocycles. The van der Waals surface area contributed by atoms with Gasteiger partial charge in [-0.3, -0.25) is 4.68 Å². The van der Waals surface area contributed by atoms with Gasteiger partial charge in [-0.2, -0.15) is 5.10 Å². The average Bonchev–Trinajstić information content (AvgIpc) is 2.53. The fourth-order valence-corrected chi connectivity index (χ4v) is 2.56. The molecular formula is C13H25BrN4. The van der Waals surface area contributed by atoms with Gasteiger partial charge in [0.2, 0.25) is 0 Å². The Hall–Kier alpha value is -0.390. The zero-order valence-electron chi connectivity index (χ0n) is 12.1. The first kappa shape index (κ1) is 15.7. The molecule has 0 bridgehead atoms. The maximum Gasteiger partial charge on any atom is 0.0694 e. The Morgan fingerprint density at radius 1 is 1.44 bits per heavy atom. The summed E-state index contributed by atoms with van der Waals surface area (Å²) in [7, 11) is 4.13. The molecule has 1 heterocycles. The van der Waals surface area contributed by atoms with Crippen LogP contribution in [-0.4, -0.2) is 35.3 Å². The molecule has 0 amide bonds. The van der Waals surface area contributed by atoms with Gasteiger partial charge < -0.3 is 10.6 Å². The van der Waals surface area contributed by atoms with E-state index < -0.39 is 0 Å². The third-order valence-electron chi connectivity index (χ3n) is 2.78. The van der Waals surface area contributed by atoms with E-state index in [9.17, 15) is 0 Å².